The highest BCUT2D eigenvalue weighted by Crippen LogP contribution is 2.52. The van der Waals surface area contributed by atoms with Gasteiger partial charge in [-0.3, -0.25) is 4.79 Å². The van der Waals surface area contributed by atoms with E-state index in [0.717, 1.165) is 47.5 Å². The van der Waals surface area contributed by atoms with Crippen LogP contribution in [0.25, 0.3) is 0 Å². The van der Waals surface area contributed by atoms with Crippen LogP contribution in [0.15, 0.2) is 0 Å². The van der Waals surface area contributed by atoms with Gasteiger partial charge < -0.3 is 5.11 Å². The third-order valence-electron chi connectivity index (χ3n) is 5.92. The normalized spacial score (nSPS) is 34.0. The minimum atomic E-state index is -0.683. The Labute approximate surface area is 125 Å². The average Bonchev–Trinajstić information content (AvgIpc) is 3.09. The lowest BCUT2D eigenvalue weighted by atomic mass is 9.84. The molecule has 1 heterocycles. The predicted molar refractivity (Wildman–Crippen MR) is 78.1 cm³/mol. The number of aromatic nitrogens is 2. The van der Waals surface area contributed by atoms with E-state index < -0.39 is 5.97 Å². The van der Waals surface area contributed by atoms with Crippen LogP contribution in [-0.2, 0) is 17.6 Å². The molecule has 112 valence electrons. The van der Waals surface area contributed by atoms with Crippen molar-refractivity contribution in [3.05, 3.63) is 22.8 Å². The van der Waals surface area contributed by atoms with Gasteiger partial charge in [-0.2, -0.15) is 0 Å². The van der Waals surface area contributed by atoms with Gasteiger partial charge in [-0.25, -0.2) is 9.97 Å². The molecule has 1 N–H and O–H groups in total. The van der Waals surface area contributed by atoms with E-state index in [9.17, 15) is 9.90 Å². The molecule has 21 heavy (non-hydrogen) atoms. The molecular formula is C17H22N2O2. The van der Waals surface area contributed by atoms with Gasteiger partial charge in [0.15, 0.2) is 0 Å². The third-order valence-corrected chi connectivity index (χ3v) is 5.92. The van der Waals surface area contributed by atoms with Crippen LogP contribution in [0.2, 0.25) is 0 Å². The molecule has 2 saturated carbocycles. The molecule has 0 saturated heterocycles. The number of carboxylic acid groups (broad SMARTS) is 1. The van der Waals surface area contributed by atoms with Gasteiger partial charge in [0.1, 0.15) is 5.82 Å². The summed E-state index contributed by atoms with van der Waals surface area (Å²) in [7, 11) is 0. The highest BCUT2D eigenvalue weighted by Gasteiger charge is 2.42. The number of nitrogens with zero attached hydrogens (tertiary/aromatic N) is 2. The first-order valence-corrected chi connectivity index (χ1v) is 8.21. The van der Waals surface area contributed by atoms with Gasteiger partial charge in [-0.05, 0) is 62.8 Å². The van der Waals surface area contributed by atoms with Crippen molar-refractivity contribution in [3.8, 4) is 0 Å². The molecule has 0 radical (unpaired) electrons. The molecule has 4 heteroatoms. The second kappa shape index (κ2) is 4.79. The van der Waals surface area contributed by atoms with E-state index in [1.54, 1.807) is 0 Å². The van der Waals surface area contributed by atoms with Crippen molar-refractivity contribution in [2.75, 3.05) is 0 Å². The number of hydrogen-bond donors (Lipinski definition) is 1. The first-order chi connectivity index (χ1) is 10.1. The first kappa shape index (κ1) is 13.2. The Hall–Kier alpha value is -1.45. The largest absolute Gasteiger partial charge is 0.481 e. The second-order valence-electron chi connectivity index (χ2n) is 7.15. The molecule has 3 aliphatic carbocycles. The van der Waals surface area contributed by atoms with Crippen LogP contribution in [0, 0.1) is 24.7 Å². The fourth-order valence-electron chi connectivity index (χ4n) is 4.75. The van der Waals surface area contributed by atoms with Crippen molar-refractivity contribution in [2.45, 2.75) is 57.8 Å². The zero-order chi connectivity index (χ0) is 14.6. The maximum absolute atomic E-state index is 11.2. The molecule has 4 atom stereocenters. The zero-order valence-corrected chi connectivity index (χ0v) is 12.5. The van der Waals surface area contributed by atoms with E-state index in [1.807, 2.05) is 6.92 Å². The number of rotatable bonds is 2. The van der Waals surface area contributed by atoms with Crippen LogP contribution >= 0.6 is 0 Å². The standard InChI is InChI=1S/C17H22N2O2/c1-9-13-8-12(17(20)21)4-5-15(13)19-16(18-9)14-7-10-2-3-11(14)6-10/h10-12,14H,2-8H2,1H3,(H,20,21). The summed E-state index contributed by atoms with van der Waals surface area (Å²) in [5.74, 6) is 2.36. The third kappa shape index (κ3) is 2.16. The Morgan fingerprint density at radius 1 is 1.19 bits per heavy atom. The number of carbonyl (C=O) groups is 1. The summed E-state index contributed by atoms with van der Waals surface area (Å²) in [6.45, 7) is 2.03. The molecule has 0 amide bonds. The van der Waals surface area contributed by atoms with E-state index in [1.165, 1.54) is 25.7 Å². The molecule has 2 fully saturated rings. The van der Waals surface area contributed by atoms with Crippen molar-refractivity contribution in [2.24, 2.45) is 17.8 Å². The smallest absolute Gasteiger partial charge is 0.306 e. The predicted octanol–water partition coefficient (Wildman–Crippen LogP) is 2.88. The lowest BCUT2D eigenvalue weighted by molar-refractivity contribution is -0.142. The lowest BCUT2D eigenvalue weighted by Gasteiger charge is -2.26. The summed E-state index contributed by atoms with van der Waals surface area (Å²) >= 11 is 0. The molecule has 0 aromatic carbocycles. The Morgan fingerprint density at radius 3 is 2.71 bits per heavy atom. The molecule has 4 unspecified atom stereocenters. The van der Waals surface area contributed by atoms with Crippen LogP contribution in [-0.4, -0.2) is 21.0 Å². The topological polar surface area (TPSA) is 63.1 Å². The Kier molecular flexibility index (Phi) is 3.02. The van der Waals surface area contributed by atoms with Crippen molar-refractivity contribution in [1.82, 2.24) is 9.97 Å². The van der Waals surface area contributed by atoms with E-state index in [-0.39, 0.29) is 5.92 Å². The molecule has 0 spiro atoms. The fourth-order valence-corrected chi connectivity index (χ4v) is 4.75. The van der Waals surface area contributed by atoms with E-state index in [2.05, 4.69) is 0 Å². The second-order valence-corrected chi connectivity index (χ2v) is 7.15. The molecule has 2 bridgehead atoms. The summed E-state index contributed by atoms with van der Waals surface area (Å²) < 4.78 is 0. The molecule has 3 aliphatic rings. The van der Waals surface area contributed by atoms with Gasteiger partial charge in [-0.1, -0.05) is 6.42 Å². The SMILES string of the molecule is Cc1nc(C2CC3CCC2C3)nc2c1CC(C(=O)O)CC2. The minimum Gasteiger partial charge on any atom is -0.481 e. The van der Waals surface area contributed by atoms with Crippen molar-refractivity contribution >= 4 is 5.97 Å². The molecule has 1 aromatic rings. The van der Waals surface area contributed by atoms with Crippen molar-refractivity contribution in [1.29, 1.82) is 0 Å². The van der Waals surface area contributed by atoms with Crippen LogP contribution in [0.3, 0.4) is 0 Å². The maximum atomic E-state index is 11.2. The van der Waals surface area contributed by atoms with Gasteiger partial charge in [0.25, 0.3) is 0 Å². The van der Waals surface area contributed by atoms with Gasteiger partial charge in [0, 0.05) is 17.3 Å². The van der Waals surface area contributed by atoms with E-state index in [0.29, 0.717) is 12.3 Å². The number of aryl methyl sites for hydroxylation is 2. The summed E-state index contributed by atoms with van der Waals surface area (Å²) in [5, 5.41) is 9.21. The van der Waals surface area contributed by atoms with Gasteiger partial charge in [-0.15, -0.1) is 0 Å². The van der Waals surface area contributed by atoms with Gasteiger partial charge >= 0.3 is 5.97 Å². The summed E-state index contributed by atoms with van der Waals surface area (Å²) in [6, 6.07) is 0. The van der Waals surface area contributed by atoms with Crippen LogP contribution in [0.1, 0.15) is 60.8 Å². The van der Waals surface area contributed by atoms with Crippen LogP contribution in [0.5, 0.6) is 0 Å². The fraction of sp³-hybridized carbons (Fsp3) is 0.706. The number of aliphatic carboxylic acids is 1. The summed E-state index contributed by atoms with van der Waals surface area (Å²) in [4.78, 5) is 20.8. The van der Waals surface area contributed by atoms with Gasteiger partial charge in [0.2, 0.25) is 0 Å². The highest BCUT2D eigenvalue weighted by molar-refractivity contribution is 5.71. The molecular weight excluding hydrogens is 264 g/mol. The molecule has 1 aromatic heterocycles. The lowest BCUT2D eigenvalue weighted by Crippen LogP contribution is -2.25. The molecule has 4 rings (SSSR count). The zero-order valence-electron chi connectivity index (χ0n) is 12.5. The van der Waals surface area contributed by atoms with Crippen LogP contribution < -0.4 is 0 Å². The minimum absolute atomic E-state index is 0.256. The number of carboxylic acids is 1. The molecule has 4 nitrogen and oxygen atoms in total. The highest BCUT2D eigenvalue weighted by atomic mass is 16.4. The maximum Gasteiger partial charge on any atom is 0.306 e. The summed E-state index contributed by atoms with van der Waals surface area (Å²) in [6.07, 6.45) is 7.49. The Bertz CT molecular complexity index is 599. The van der Waals surface area contributed by atoms with E-state index >= 15 is 0 Å². The van der Waals surface area contributed by atoms with E-state index in [4.69, 9.17) is 9.97 Å². The monoisotopic (exact) mass is 286 g/mol. The van der Waals surface area contributed by atoms with Crippen molar-refractivity contribution < 1.29 is 9.90 Å². The van der Waals surface area contributed by atoms with Crippen LogP contribution in [0.4, 0.5) is 0 Å². The number of fused-ring (bicyclic) bond motifs is 3. The van der Waals surface area contributed by atoms with Crippen molar-refractivity contribution in [3.63, 3.8) is 0 Å². The average molecular weight is 286 g/mol. The Morgan fingerprint density at radius 2 is 2.05 bits per heavy atom. The Balaban J connectivity index is 1.64. The summed E-state index contributed by atoms with van der Waals surface area (Å²) in [5.41, 5.74) is 3.24. The van der Waals surface area contributed by atoms with Gasteiger partial charge in [0.05, 0.1) is 5.92 Å². The molecule has 0 aliphatic heterocycles. The number of hydrogen-bond acceptors (Lipinski definition) is 3. The first-order valence-electron chi connectivity index (χ1n) is 8.21. The quantitative estimate of drug-likeness (QED) is 0.908.